The Kier molecular flexibility index (Phi) is 10.1. The molecule has 86 valence electrons. The summed E-state index contributed by atoms with van der Waals surface area (Å²) in [7, 11) is 0. The molecule has 0 amide bonds. The highest BCUT2D eigenvalue weighted by atomic mass is 15.2. The Morgan fingerprint density at radius 2 is 2.00 bits per heavy atom. The number of hydrogen-bond donors (Lipinski definition) is 2. The van der Waals surface area contributed by atoms with Crippen LogP contribution >= 0.6 is 0 Å². The predicted molar refractivity (Wildman–Crippen MR) is 67.0 cm³/mol. The molecular weight excluding hydrogens is 186 g/mol. The molecule has 0 saturated heterocycles. The van der Waals surface area contributed by atoms with Crippen LogP contribution in [0.3, 0.4) is 0 Å². The molecule has 0 spiro atoms. The standard InChI is InChI=1S/C12H23N3/c1-4-7-8-9-11-15-12(13-6-3)14-10-5-2/h2H,4,6-11H2,1,3H3,(H2,13,14,15). The van der Waals surface area contributed by atoms with Crippen LogP contribution in [0.2, 0.25) is 0 Å². The van der Waals surface area contributed by atoms with Crippen LogP contribution in [0.1, 0.15) is 39.5 Å². The molecule has 0 saturated carbocycles. The molecule has 15 heavy (non-hydrogen) atoms. The van der Waals surface area contributed by atoms with Gasteiger partial charge in [-0.1, -0.05) is 32.1 Å². The summed E-state index contributed by atoms with van der Waals surface area (Å²) in [4.78, 5) is 4.42. The first-order chi connectivity index (χ1) is 7.35. The molecule has 0 aromatic heterocycles. The second-order valence-corrected chi connectivity index (χ2v) is 3.38. The molecule has 3 nitrogen and oxygen atoms in total. The van der Waals surface area contributed by atoms with Gasteiger partial charge in [-0.2, -0.15) is 0 Å². The smallest absolute Gasteiger partial charge is 0.192 e. The topological polar surface area (TPSA) is 36.4 Å². The number of hydrogen-bond acceptors (Lipinski definition) is 1. The fourth-order valence-corrected chi connectivity index (χ4v) is 1.21. The lowest BCUT2D eigenvalue weighted by Crippen LogP contribution is -2.37. The molecule has 3 heteroatoms. The third-order valence-electron chi connectivity index (χ3n) is 1.98. The summed E-state index contributed by atoms with van der Waals surface area (Å²) in [5.41, 5.74) is 0. The molecular formula is C12H23N3. The molecule has 0 aliphatic carbocycles. The summed E-state index contributed by atoms with van der Waals surface area (Å²) >= 11 is 0. The normalized spacial score (nSPS) is 10.9. The fourth-order valence-electron chi connectivity index (χ4n) is 1.21. The highest BCUT2D eigenvalue weighted by Gasteiger charge is 1.93. The number of terminal acetylenes is 1. The lowest BCUT2D eigenvalue weighted by molar-refractivity contribution is 0.671. The average molecular weight is 209 g/mol. The van der Waals surface area contributed by atoms with Gasteiger partial charge in [-0.15, -0.1) is 6.42 Å². The highest BCUT2D eigenvalue weighted by molar-refractivity contribution is 5.79. The van der Waals surface area contributed by atoms with E-state index in [-0.39, 0.29) is 0 Å². The highest BCUT2D eigenvalue weighted by Crippen LogP contribution is 1.98. The van der Waals surface area contributed by atoms with Crippen molar-refractivity contribution in [1.82, 2.24) is 10.6 Å². The first kappa shape index (κ1) is 13.8. The molecule has 0 aromatic carbocycles. The minimum Gasteiger partial charge on any atom is -0.357 e. The van der Waals surface area contributed by atoms with Gasteiger partial charge >= 0.3 is 0 Å². The van der Waals surface area contributed by atoms with Gasteiger partial charge in [0.05, 0.1) is 6.54 Å². The zero-order valence-corrected chi connectivity index (χ0v) is 9.97. The summed E-state index contributed by atoms with van der Waals surface area (Å²) < 4.78 is 0. The van der Waals surface area contributed by atoms with Gasteiger partial charge in [0, 0.05) is 13.1 Å². The first-order valence-corrected chi connectivity index (χ1v) is 5.80. The Bertz CT molecular complexity index is 203. The number of guanidine groups is 1. The third-order valence-corrected chi connectivity index (χ3v) is 1.98. The number of unbranched alkanes of at least 4 members (excludes halogenated alkanes) is 3. The molecule has 0 aliphatic rings. The Hall–Kier alpha value is -1.17. The van der Waals surface area contributed by atoms with Crippen molar-refractivity contribution < 1.29 is 0 Å². The maximum absolute atomic E-state index is 5.17. The minimum atomic E-state index is 0.529. The Balaban J connectivity index is 3.69. The number of rotatable bonds is 7. The van der Waals surface area contributed by atoms with Crippen LogP contribution in [0.25, 0.3) is 0 Å². The van der Waals surface area contributed by atoms with E-state index >= 15 is 0 Å². The van der Waals surface area contributed by atoms with E-state index < -0.39 is 0 Å². The molecule has 0 fully saturated rings. The second kappa shape index (κ2) is 10.9. The zero-order valence-electron chi connectivity index (χ0n) is 9.97. The molecule has 0 bridgehead atoms. The number of nitrogens with zero attached hydrogens (tertiary/aromatic N) is 1. The van der Waals surface area contributed by atoms with Crippen LogP contribution in [0.5, 0.6) is 0 Å². The van der Waals surface area contributed by atoms with Gasteiger partial charge < -0.3 is 10.6 Å². The quantitative estimate of drug-likeness (QED) is 0.290. The Morgan fingerprint density at radius 1 is 1.20 bits per heavy atom. The Labute approximate surface area is 93.7 Å². The third kappa shape index (κ3) is 9.14. The van der Waals surface area contributed by atoms with Crippen molar-refractivity contribution in [3.05, 3.63) is 0 Å². The Morgan fingerprint density at radius 3 is 2.60 bits per heavy atom. The fraction of sp³-hybridized carbons (Fsp3) is 0.750. The summed E-state index contributed by atoms with van der Waals surface area (Å²) in [6, 6.07) is 0. The monoisotopic (exact) mass is 209 g/mol. The molecule has 2 N–H and O–H groups in total. The van der Waals surface area contributed by atoms with Gasteiger partial charge in [-0.3, -0.25) is 4.99 Å². The largest absolute Gasteiger partial charge is 0.357 e. The van der Waals surface area contributed by atoms with Crippen molar-refractivity contribution in [3.63, 3.8) is 0 Å². The molecule has 0 rings (SSSR count). The summed E-state index contributed by atoms with van der Waals surface area (Å²) in [6.45, 7) is 6.53. The van der Waals surface area contributed by atoms with E-state index in [1.54, 1.807) is 0 Å². The SMILES string of the molecule is C#CCNC(=NCCCCCC)NCC. The van der Waals surface area contributed by atoms with E-state index in [0.717, 1.165) is 25.5 Å². The zero-order chi connectivity index (χ0) is 11.4. The molecule has 0 atom stereocenters. The van der Waals surface area contributed by atoms with E-state index in [2.05, 4.69) is 28.5 Å². The summed E-state index contributed by atoms with van der Waals surface area (Å²) in [6.07, 6.45) is 10.1. The van der Waals surface area contributed by atoms with Crippen LogP contribution in [0, 0.1) is 12.3 Å². The summed E-state index contributed by atoms with van der Waals surface area (Å²) in [5, 5.41) is 6.22. The lowest BCUT2D eigenvalue weighted by atomic mass is 10.2. The van der Waals surface area contributed by atoms with Gasteiger partial charge in [0.25, 0.3) is 0 Å². The number of nitrogens with one attached hydrogen (secondary N) is 2. The predicted octanol–water partition coefficient (Wildman–Crippen LogP) is 1.75. The molecule has 0 heterocycles. The van der Waals surface area contributed by atoms with E-state index in [9.17, 15) is 0 Å². The van der Waals surface area contributed by atoms with Crippen molar-refractivity contribution in [2.75, 3.05) is 19.6 Å². The van der Waals surface area contributed by atoms with Crippen molar-refractivity contribution in [1.29, 1.82) is 0 Å². The maximum atomic E-state index is 5.17. The molecule has 0 radical (unpaired) electrons. The van der Waals surface area contributed by atoms with Gasteiger partial charge in [0.1, 0.15) is 0 Å². The lowest BCUT2D eigenvalue weighted by Gasteiger charge is -2.08. The maximum Gasteiger partial charge on any atom is 0.192 e. The van der Waals surface area contributed by atoms with Crippen LogP contribution in [0.4, 0.5) is 0 Å². The molecule has 0 unspecified atom stereocenters. The van der Waals surface area contributed by atoms with Crippen molar-refractivity contribution >= 4 is 5.96 Å². The van der Waals surface area contributed by atoms with Gasteiger partial charge in [-0.25, -0.2) is 0 Å². The van der Waals surface area contributed by atoms with Crippen LogP contribution < -0.4 is 10.6 Å². The van der Waals surface area contributed by atoms with Gasteiger partial charge in [0.15, 0.2) is 5.96 Å². The van der Waals surface area contributed by atoms with E-state index in [0.29, 0.717) is 6.54 Å². The first-order valence-electron chi connectivity index (χ1n) is 5.80. The van der Waals surface area contributed by atoms with Gasteiger partial charge in [-0.05, 0) is 13.3 Å². The van der Waals surface area contributed by atoms with E-state index in [4.69, 9.17) is 6.42 Å². The van der Waals surface area contributed by atoms with Crippen molar-refractivity contribution in [2.24, 2.45) is 4.99 Å². The molecule has 0 aromatic rings. The van der Waals surface area contributed by atoms with E-state index in [1.165, 1.54) is 19.3 Å². The second-order valence-electron chi connectivity index (χ2n) is 3.38. The van der Waals surface area contributed by atoms with Crippen LogP contribution in [-0.2, 0) is 0 Å². The van der Waals surface area contributed by atoms with Gasteiger partial charge in [0.2, 0.25) is 0 Å². The van der Waals surface area contributed by atoms with Crippen molar-refractivity contribution in [2.45, 2.75) is 39.5 Å². The van der Waals surface area contributed by atoms with E-state index in [1.807, 2.05) is 6.92 Å². The van der Waals surface area contributed by atoms with Crippen LogP contribution in [-0.4, -0.2) is 25.6 Å². The minimum absolute atomic E-state index is 0.529. The van der Waals surface area contributed by atoms with Crippen molar-refractivity contribution in [3.8, 4) is 12.3 Å². The molecule has 0 aliphatic heterocycles. The average Bonchev–Trinajstić information content (AvgIpc) is 2.25. The summed E-state index contributed by atoms with van der Waals surface area (Å²) in [5.74, 6) is 3.36. The van der Waals surface area contributed by atoms with Crippen LogP contribution in [0.15, 0.2) is 4.99 Å². The number of aliphatic imine (C=N–C) groups is 1.